The lowest BCUT2D eigenvalue weighted by atomic mass is 9.81. The third-order valence-electron chi connectivity index (χ3n) is 6.99. The number of nitrogens with zero attached hydrogens (tertiary/aromatic N) is 2. The quantitative estimate of drug-likeness (QED) is 0.722. The predicted molar refractivity (Wildman–Crippen MR) is 127 cm³/mol. The molecule has 0 unspecified atom stereocenters. The molecule has 2 heterocycles. The number of aryl methyl sites for hydroxylation is 1. The summed E-state index contributed by atoms with van der Waals surface area (Å²) in [4.78, 5) is 43.1. The summed E-state index contributed by atoms with van der Waals surface area (Å²) in [6, 6.07) is 13.0. The second kappa shape index (κ2) is 8.98. The van der Waals surface area contributed by atoms with E-state index in [4.69, 9.17) is 4.74 Å². The highest BCUT2D eigenvalue weighted by molar-refractivity contribution is 6.22. The summed E-state index contributed by atoms with van der Waals surface area (Å²) in [5.41, 5.74) is 3.51. The molecule has 5 rings (SSSR count). The van der Waals surface area contributed by atoms with Crippen molar-refractivity contribution in [2.24, 2.45) is 11.8 Å². The fourth-order valence-corrected chi connectivity index (χ4v) is 5.18. The van der Waals surface area contributed by atoms with Crippen molar-refractivity contribution >= 4 is 34.8 Å². The van der Waals surface area contributed by atoms with Gasteiger partial charge in [0.2, 0.25) is 11.8 Å². The van der Waals surface area contributed by atoms with Gasteiger partial charge in [-0.1, -0.05) is 30.5 Å². The van der Waals surface area contributed by atoms with Gasteiger partial charge in [0.05, 0.1) is 36.3 Å². The molecule has 2 atom stereocenters. The maximum absolute atomic E-state index is 13.4. The highest BCUT2D eigenvalue weighted by Crippen LogP contribution is 2.41. The molecule has 0 spiro atoms. The summed E-state index contributed by atoms with van der Waals surface area (Å²) in [6.45, 7) is 4.53. The van der Waals surface area contributed by atoms with Gasteiger partial charge in [0, 0.05) is 24.5 Å². The van der Waals surface area contributed by atoms with E-state index in [2.05, 4.69) is 10.2 Å². The average molecular weight is 448 g/mol. The Morgan fingerprint density at radius 2 is 1.58 bits per heavy atom. The number of ether oxygens (including phenoxy) is 1. The van der Waals surface area contributed by atoms with Crippen molar-refractivity contribution < 1.29 is 19.1 Å². The monoisotopic (exact) mass is 447 g/mol. The van der Waals surface area contributed by atoms with Crippen LogP contribution in [0, 0.1) is 18.8 Å². The van der Waals surface area contributed by atoms with E-state index in [1.54, 1.807) is 12.1 Å². The van der Waals surface area contributed by atoms with Crippen molar-refractivity contribution in [3.05, 3.63) is 53.6 Å². The van der Waals surface area contributed by atoms with Crippen molar-refractivity contribution in [3.63, 3.8) is 0 Å². The number of amides is 3. The van der Waals surface area contributed by atoms with Gasteiger partial charge in [-0.3, -0.25) is 19.3 Å². The highest BCUT2D eigenvalue weighted by atomic mass is 16.5. The van der Waals surface area contributed by atoms with Gasteiger partial charge in [-0.2, -0.15) is 0 Å². The Labute approximate surface area is 193 Å². The molecule has 0 radical (unpaired) electrons. The summed E-state index contributed by atoms with van der Waals surface area (Å²) < 4.78 is 5.48. The molecule has 1 saturated carbocycles. The van der Waals surface area contributed by atoms with E-state index in [-0.39, 0.29) is 29.6 Å². The molecule has 3 fully saturated rings. The molecular weight excluding hydrogens is 418 g/mol. The summed E-state index contributed by atoms with van der Waals surface area (Å²) in [6.07, 6.45) is 3.49. The number of rotatable bonds is 4. The van der Waals surface area contributed by atoms with Gasteiger partial charge in [-0.25, -0.2) is 0 Å². The summed E-state index contributed by atoms with van der Waals surface area (Å²) in [7, 11) is 0. The third kappa shape index (κ3) is 4.13. The number of carbonyl (C=O) groups is 3. The Morgan fingerprint density at radius 3 is 2.21 bits per heavy atom. The van der Waals surface area contributed by atoms with E-state index >= 15 is 0 Å². The number of nitrogens with one attached hydrogen (secondary N) is 1. The Hall–Kier alpha value is -3.19. The van der Waals surface area contributed by atoms with Crippen molar-refractivity contribution in [2.75, 3.05) is 41.4 Å². The minimum absolute atomic E-state index is 0.131. The number of imide groups is 1. The molecule has 2 saturated heterocycles. The van der Waals surface area contributed by atoms with Crippen LogP contribution in [0.4, 0.5) is 17.1 Å². The Balaban J connectivity index is 1.50. The van der Waals surface area contributed by atoms with Crippen LogP contribution in [-0.2, 0) is 14.3 Å². The van der Waals surface area contributed by atoms with Crippen molar-refractivity contribution in [1.82, 2.24) is 0 Å². The first-order valence-electron chi connectivity index (χ1n) is 11.8. The molecule has 2 aromatic carbocycles. The van der Waals surface area contributed by atoms with E-state index < -0.39 is 0 Å². The molecule has 3 aliphatic rings. The van der Waals surface area contributed by atoms with Crippen LogP contribution in [0.2, 0.25) is 0 Å². The number of morpholine rings is 1. The van der Waals surface area contributed by atoms with E-state index in [1.165, 1.54) is 4.90 Å². The first kappa shape index (κ1) is 21.6. The van der Waals surface area contributed by atoms with Crippen LogP contribution >= 0.6 is 0 Å². The van der Waals surface area contributed by atoms with Gasteiger partial charge in [0.25, 0.3) is 5.91 Å². The Kier molecular flexibility index (Phi) is 5.89. The maximum atomic E-state index is 13.4. The normalized spacial score (nSPS) is 22.9. The predicted octanol–water partition coefficient (Wildman–Crippen LogP) is 3.76. The van der Waals surface area contributed by atoms with Gasteiger partial charge in [-0.15, -0.1) is 0 Å². The number of anilines is 3. The van der Waals surface area contributed by atoms with Crippen molar-refractivity contribution in [1.29, 1.82) is 0 Å². The molecule has 7 nitrogen and oxygen atoms in total. The highest BCUT2D eigenvalue weighted by Gasteiger charge is 2.48. The lowest BCUT2D eigenvalue weighted by Crippen LogP contribution is -2.37. The molecule has 172 valence electrons. The van der Waals surface area contributed by atoms with E-state index in [1.807, 2.05) is 37.3 Å². The molecule has 0 bridgehead atoms. The minimum atomic E-state index is -0.265. The fraction of sp³-hybridized carbons (Fsp3) is 0.423. The summed E-state index contributed by atoms with van der Waals surface area (Å²) >= 11 is 0. The second-order valence-electron chi connectivity index (χ2n) is 9.13. The number of fused-ring (bicyclic) bond motifs is 1. The average Bonchev–Trinajstić information content (AvgIpc) is 3.11. The third-order valence-corrected chi connectivity index (χ3v) is 6.99. The first-order valence-corrected chi connectivity index (χ1v) is 11.8. The van der Waals surface area contributed by atoms with Crippen LogP contribution in [0.5, 0.6) is 0 Å². The molecule has 2 aliphatic heterocycles. The van der Waals surface area contributed by atoms with Gasteiger partial charge in [0.15, 0.2) is 0 Å². The lowest BCUT2D eigenvalue weighted by molar-refractivity contribution is -0.122. The number of carbonyl (C=O) groups excluding carboxylic acids is 3. The standard InChI is InChI=1S/C26H29N3O4/c1-17-6-8-18(9-7-17)27-24(30)22-16-19(10-11-23(22)28-12-14-33-15-13-28)29-25(31)20-4-2-3-5-21(20)26(29)32/h6-11,16,20-21H,2-5,12-15H2,1H3,(H,27,30)/t20-,21-/m0/s1. The molecule has 33 heavy (non-hydrogen) atoms. The van der Waals surface area contributed by atoms with Crippen molar-refractivity contribution in [3.8, 4) is 0 Å². The van der Waals surface area contributed by atoms with E-state index in [0.29, 0.717) is 43.2 Å². The van der Waals surface area contributed by atoms with Crippen LogP contribution in [0.1, 0.15) is 41.6 Å². The molecule has 1 aliphatic carbocycles. The fourth-order valence-electron chi connectivity index (χ4n) is 5.18. The van der Waals surface area contributed by atoms with E-state index in [0.717, 1.165) is 36.9 Å². The molecule has 3 amide bonds. The molecule has 0 aromatic heterocycles. The van der Waals surface area contributed by atoms with Gasteiger partial charge in [0.1, 0.15) is 0 Å². The maximum Gasteiger partial charge on any atom is 0.257 e. The number of hydrogen-bond acceptors (Lipinski definition) is 5. The minimum Gasteiger partial charge on any atom is -0.378 e. The molecular formula is C26H29N3O4. The van der Waals surface area contributed by atoms with Crippen LogP contribution in [0.15, 0.2) is 42.5 Å². The van der Waals surface area contributed by atoms with Crippen LogP contribution in [0.25, 0.3) is 0 Å². The largest absolute Gasteiger partial charge is 0.378 e. The number of hydrogen-bond donors (Lipinski definition) is 1. The second-order valence-corrected chi connectivity index (χ2v) is 9.13. The Morgan fingerprint density at radius 1 is 0.939 bits per heavy atom. The summed E-state index contributed by atoms with van der Waals surface area (Å²) in [5, 5.41) is 2.97. The van der Waals surface area contributed by atoms with Gasteiger partial charge >= 0.3 is 0 Å². The smallest absolute Gasteiger partial charge is 0.257 e. The topological polar surface area (TPSA) is 79.0 Å². The zero-order chi connectivity index (χ0) is 22.9. The van der Waals surface area contributed by atoms with Crippen LogP contribution in [-0.4, -0.2) is 44.0 Å². The molecule has 1 N–H and O–H groups in total. The first-order chi connectivity index (χ1) is 16.0. The summed E-state index contributed by atoms with van der Waals surface area (Å²) in [5.74, 6) is -0.980. The number of benzene rings is 2. The van der Waals surface area contributed by atoms with Gasteiger partial charge in [-0.05, 0) is 50.1 Å². The lowest BCUT2D eigenvalue weighted by Gasteiger charge is -2.31. The van der Waals surface area contributed by atoms with E-state index in [9.17, 15) is 14.4 Å². The zero-order valence-corrected chi connectivity index (χ0v) is 18.9. The zero-order valence-electron chi connectivity index (χ0n) is 18.9. The van der Waals surface area contributed by atoms with Crippen LogP contribution in [0.3, 0.4) is 0 Å². The molecule has 2 aromatic rings. The Bertz CT molecular complexity index is 1050. The SMILES string of the molecule is Cc1ccc(NC(=O)c2cc(N3C(=O)[C@H]4CCCC[C@@H]4C3=O)ccc2N2CCOCC2)cc1. The van der Waals surface area contributed by atoms with Gasteiger partial charge < -0.3 is 15.0 Å². The van der Waals surface area contributed by atoms with Crippen molar-refractivity contribution in [2.45, 2.75) is 32.6 Å². The molecule has 7 heteroatoms. The van der Waals surface area contributed by atoms with Crippen LogP contribution < -0.4 is 15.1 Å².